The van der Waals surface area contributed by atoms with Crippen LogP contribution in [0.5, 0.6) is 0 Å². The van der Waals surface area contributed by atoms with Crippen LogP contribution in [0.4, 0.5) is 5.82 Å². The van der Waals surface area contributed by atoms with Gasteiger partial charge in [0, 0.05) is 13.0 Å². The lowest BCUT2D eigenvalue weighted by atomic mass is 9.89. The van der Waals surface area contributed by atoms with Crippen LogP contribution in [0, 0.1) is 0 Å². The number of aliphatic hydroxyl groups excluding tert-OH is 4. The van der Waals surface area contributed by atoms with Gasteiger partial charge >= 0.3 is 0 Å². The normalized spacial score (nSPS) is 26.2. The lowest BCUT2D eigenvalue weighted by Crippen LogP contribution is -2.33. The molecule has 3 heterocycles. The van der Waals surface area contributed by atoms with Crippen LogP contribution in [0.25, 0.3) is 11.2 Å². The molecule has 0 bridgehead atoms. The maximum absolute atomic E-state index is 11.4. The number of anilines is 1. The number of aromatic nitrogens is 4. The first-order valence-electron chi connectivity index (χ1n) is 9.42. The topological polar surface area (TPSA) is 180 Å². The first kappa shape index (κ1) is 20.6. The largest absolute Gasteiger partial charge is 0.396 e. The summed E-state index contributed by atoms with van der Waals surface area (Å²) in [4.78, 5) is 12.8. The van der Waals surface area contributed by atoms with E-state index in [1.165, 1.54) is 10.9 Å². The monoisotopic (exact) mass is 417 g/mol. The van der Waals surface area contributed by atoms with Crippen LogP contribution in [0.2, 0.25) is 0 Å². The van der Waals surface area contributed by atoms with Crippen molar-refractivity contribution in [1.82, 2.24) is 19.5 Å². The van der Waals surface area contributed by atoms with Gasteiger partial charge in [-0.25, -0.2) is 15.0 Å². The highest BCUT2D eigenvalue weighted by molar-refractivity contribution is 5.81. The zero-order valence-corrected chi connectivity index (χ0v) is 15.9. The van der Waals surface area contributed by atoms with Gasteiger partial charge in [-0.05, 0) is 5.56 Å². The molecule has 7 N–H and O–H groups in total. The van der Waals surface area contributed by atoms with Gasteiger partial charge in [-0.3, -0.25) is 4.57 Å². The summed E-state index contributed by atoms with van der Waals surface area (Å²) in [5, 5.41) is 50.7. The Morgan fingerprint density at radius 1 is 1.10 bits per heavy atom. The Morgan fingerprint density at radius 2 is 1.83 bits per heavy atom. The lowest BCUT2D eigenvalue weighted by molar-refractivity contribution is -0.0511. The number of nitrogens with two attached hydrogens (primary N) is 1. The molecule has 1 aromatic carbocycles. The average Bonchev–Trinajstić information content (AvgIpc) is 3.30. The Morgan fingerprint density at radius 3 is 2.47 bits per heavy atom. The van der Waals surface area contributed by atoms with Crippen molar-refractivity contribution < 1.29 is 30.3 Å². The predicted octanol–water partition coefficient (Wildman–Crippen LogP) is -1.36. The van der Waals surface area contributed by atoms with Gasteiger partial charge in [-0.1, -0.05) is 30.3 Å². The summed E-state index contributed by atoms with van der Waals surface area (Å²) < 4.78 is 6.92. The molecule has 1 aliphatic rings. The van der Waals surface area contributed by atoms with Gasteiger partial charge in [-0.15, -0.1) is 0 Å². The Balaban J connectivity index is 1.85. The standard InChI is InChI=1S/C19H23N5O6/c20-15-12-16(24(9-21-12)17-14(28)13(27)11(8-26)30-17)23-18(22-15)19(29,6-7-25)10-4-2-1-3-5-10/h1-5,9,11,13-14,17,25-29H,6-8H2,(H2,20,22,23)/t11-,13-,14+,17-,19+/m1/s1. The molecule has 3 aromatic rings. The van der Waals surface area contributed by atoms with Crippen molar-refractivity contribution >= 4 is 17.0 Å². The van der Waals surface area contributed by atoms with Crippen LogP contribution < -0.4 is 5.73 Å². The van der Waals surface area contributed by atoms with E-state index in [1.807, 2.05) is 0 Å². The minimum Gasteiger partial charge on any atom is -0.396 e. The maximum Gasteiger partial charge on any atom is 0.169 e. The van der Waals surface area contributed by atoms with Crippen LogP contribution in [0.1, 0.15) is 24.0 Å². The van der Waals surface area contributed by atoms with Gasteiger partial charge in [0.15, 0.2) is 29.1 Å². The third kappa shape index (κ3) is 3.21. The summed E-state index contributed by atoms with van der Waals surface area (Å²) >= 11 is 0. The van der Waals surface area contributed by atoms with Gasteiger partial charge in [0.05, 0.1) is 12.9 Å². The highest BCUT2D eigenvalue weighted by atomic mass is 16.6. The van der Waals surface area contributed by atoms with Crippen LogP contribution in [0.3, 0.4) is 0 Å². The zero-order valence-electron chi connectivity index (χ0n) is 15.9. The van der Waals surface area contributed by atoms with Crippen molar-refractivity contribution in [3.63, 3.8) is 0 Å². The Hall–Kier alpha value is -2.67. The van der Waals surface area contributed by atoms with E-state index < -0.39 is 36.7 Å². The van der Waals surface area contributed by atoms with Crippen molar-refractivity contribution in [3.8, 4) is 0 Å². The van der Waals surface area contributed by atoms with Crippen LogP contribution in [-0.4, -0.2) is 76.6 Å². The molecule has 0 radical (unpaired) electrons. The third-order valence-electron chi connectivity index (χ3n) is 5.33. The van der Waals surface area contributed by atoms with Gasteiger partial charge in [-0.2, -0.15) is 0 Å². The molecule has 0 unspecified atom stereocenters. The molecule has 0 aliphatic carbocycles. The Kier molecular flexibility index (Phi) is 5.40. The van der Waals surface area contributed by atoms with Gasteiger partial charge in [0.2, 0.25) is 0 Å². The van der Waals surface area contributed by atoms with E-state index in [2.05, 4.69) is 15.0 Å². The molecule has 4 rings (SSSR count). The Labute approximate surface area is 171 Å². The predicted molar refractivity (Wildman–Crippen MR) is 104 cm³/mol. The van der Waals surface area contributed by atoms with E-state index in [-0.39, 0.29) is 35.8 Å². The van der Waals surface area contributed by atoms with Crippen molar-refractivity contribution in [1.29, 1.82) is 0 Å². The van der Waals surface area contributed by atoms with Crippen molar-refractivity contribution in [2.45, 2.75) is 36.6 Å². The van der Waals surface area contributed by atoms with Crippen molar-refractivity contribution in [2.24, 2.45) is 0 Å². The van der Waals surface area contributed by atoms with Crippen molar-refractivity contribution in [2.75, 3.05) is 18.9 Å². The van der Waals surface area contributed by atoms with Gasteiger partial charge < -0.3 is 36.0 Å². The number of nitrogen functional groups attached to an aromatic ring is 1. The summed E-state index contributed by atoms with van der Waals surface area (Å²) in [7, 11) is 0. The number of imidazole rings is 1. The molecule has 1 aliphatic heterocycles. The van der Waals surface area contributed by atoms with Crippen LogP contribution in [0.15, 0.2) is 36.7 Å². The fourth-order valence-corrected chi connectivity index (χ4v) is 3.68. The summed E-state index contributed by atoms with van der Waals surface area (Å²) in [5.41, 5.74) is 5.19. The fraction of sp³-hybridized carbons (Fsp3) is 0.421. The summed E-state index contributed by atoms with van der Waals surface area (Å²) in [5.74, 6) is -0.0611. The van der Waals surface area contributed by atoms with Crippen molar-refractivity contribution in [3.05, 3.63) is 48.0 Å². The van der Waals surface area contributed by atoms with E-state index in [4.69, 9.17) is 10.5 Å². The number of fused-ring (bicyclic) bond motifs is 1. The minimum atomic E-state index is -1.73. The SMILES string of the molecule is Nc1nc([C@](O)(CCO)c2ccccc2)nc2c1ncn2[C@@H]1O[C@H](CO)[C@@H](O)[C@@H]1O. The number of nitrogens with zero attached hydrogens (tertiary/aromatic N) is 4. The first-order chi connectivity index (χ1) is 14.4. The molecule has 11 nitrogen and oxygen atoms in total. The number of hydrogen-bond donors (Lipinski definition) is 6. The molecule has 5 atom stereocenters. The fourth-order valence-electron chi connectivity index (χ4n) is 3.68. The van der Waals surface area contributed by atoms with Gasteiger partial charge in [0.1, 0.15) is 23.8 Å². The number of benzene rings is 1. The van der Waals surface area contributed by atoms with E-state index in [0.717, 1.165) is 0 Å². The molecule has 0 spiro atoms. The molecule has 2 aromatic heterocycles. The van der Waals surface area contributed by atoms with E-state index in [9.17, 15) is 25.5 Å². The summed E-state index contributed by atoms with van der Waals surface area (Å²) in [6.07, 6.45) is -3.45. The molecule has 160 valence electrons. The second-order valence-corrected chi connectivity index (χ2v) is 7.19. The van der Waals surface area contributed by atoms with Gasteiger partial charge in [0.25, 0.3) is 0 Å². The van der Waals surface area contributed by atoms with E-state index in [0.29, 0.717) is 5.56 Å². The summed E-state index contributed by atoms with van der Waals surface area (Å²) in [6, 6.07) is 8.63. The molecule has 1 saturated heterocycles. The molecular formula is C19H23N5O6. The Bertz CT molecular complexity index is 1030. The summed E-state index contributed by atoms with van der Waals surface area (Å²) in [6.45, 7) is -0.811. The molecule has 0 amide bonds. The smallest absolute Gasteiger partial charge is 0.169 e. The highest BCUT2D eigenvalue weighted by Crippen LogP contribution is 2.35. The van der Waals surface area contributed by atoms with E-state index >= 15 is 0 Å². The molecular weight excluding hydrogens is 394 g/mol. The first-order valence-corrected chi connectivity index (χ1v) is 9.42. The maximum atomic E-state index is 11.4. The third-order valence-corrected chi connectivity index (χ3v) is 5.33. The second kappa shape index (κ2) is 7.87. The zero-order chi connectivity index (χ0) is 21.5. The lowest BCUT2D eigenvalue weighted by Gasteiger charge is -2.27. The van der Waals surface area contributed by atoms with Crippen LogP contribution >= 0.6 is 0 Å². The number of ether oxygens (including phenoxy) is 1. The molecule has 11 heteroatoms. The minimum absolute atomic E-state index is 0.00668. The second-order valence-electron chi connectivity index (χ2n) is 7.19. The molecule has 30 heavy (non-hydrogen) atoms. The highest BCUT2D eigenvalue weighted by Gasteiger charge is 2.44. The average molecular weight is 417 g/mol. The van der Waals surface area contributed by atoms with E-state index in [1.54, 1.807) is 30.3 Å². The molecule has 1 fully saturated rings. The number of aliphatic hydroxyl groups is 5. The molecule has 0 saturated carbocycles. The number of hydrogen-bond acceptors (Lipinski definition) is 10. The quantitative estimate of drug-likeness (QED) is 0.280. The number of rotatable bonds is 6. The van der Waals surface area contributed by atoms with Crippen LogP contribution in [-0.2, 0) is 10.3 Å².